The maximum atomic E-state index is 13.4. The molecule has 1 aromatic carbocycles. The van der Waals surface area contributed by atoms with Gasteiger partial charge in [0, 0.05) is 62.7 Å². The number of imide groups is 1. The zero-order valence-corrected chi connectivity index (χ0v) is 19.5. The van der Waals surface area contributed by atoms with Crippen LogP contribution in [0.15, 0.2) is 18.2 Å². The Morgan fingerprint density at radius 2 is 1.91 bits per heavy atom. The molecule has 3 aliphatic heterocycles. The van der Waals surface area contributed by atoms with Gasteiger partial charge in [-0.2, -0.15) is 0 Å². The molecule has 176 valence electrons. The number of methoxy groups -OCH3 is 1. The lowest BCUT2D eigenvalue weighted by Gasteiger charge is -2.35. The van der Waals surface area contributed by atoms with E-state index in [4.69, 9.17) is 4.74 Å². The zero-order chi connectivity index (χ0) is 23.3. The molecular weight excluding hydrogens is 422 g/mol. The lowest BCUT2D eigenvalue weighted by atomic mass is 9.86. The van der Waals surface area contributed by atoms with Crippen LogP contribution in [0.25, 0.3) is 10.9 Å². The van der Waals surface area contributed by atoms with E-state index in [1.807, 2.05) is 30.0 Å². The van der Waals surface area contributed by atoms with Crippen molar-refractivity contribution in [3.05, 3.63) is 29.5 Å². The van der Waals surface area contributed by atoms with Gasteiger partial charge in [-0.3, -0.25) is 19.4 Å². The summed E-state index contributed by atoms with van der Waals surface area (Å²) in [5.74, 6) is 0.775. The lowest BCUT2D eigenvalue weighted by Crippen LogP contribution is -2.51. The van der Waals surface area contributed by atoms with E-state index in [1.54, 1.807) is 18.9 Å². The number of hydrogen-bond donors (Lipinski definition) is 1. The first-order valence-electron chi connectivity index (χ1n) is 11.6. The molecule has 1 atom stereocenters. The molecular formula is C24H31N5O4. The fourth-order valence-electron chi connectivity index (χ4n) is 5.45. The van der Waals surface area contributed by atoms with Crippen LogP contribution in [0.1, 0.15) is 31.5 Å². The van der Waals surface area contributed by atoms with Crippen molar-refractivity contribution in [1.82, 2.24) is 24.6 Å². The van der Waals surface area contributed by atoms with Gasteiger partial charge < -0.3 is 19.5 Å². The van der Waals surface area contributed by atoms with E-state index in [0.29, 0.717) is 19.5 Å². The van der Waals surface area contributed by atoms with Crippen LogP contribution in [0.2, 0.25) is 0 Å². The number of benzene rings is 1. The molecule has 1 N–H and O–H groups in total. The van der Waals surface area contributed by atoms with Gasteiger partial charge in [0.2, 0.25) is 5.91 Å². The minimum Gasteiger partial charge on any atom is -0.497 e. The van der Waals surface area contributed by atoms with Crippen molar-refractivity contribution in [2.24, 2.45) is 0 Å². The third-order valence-corrected chi connectivity index (χ3v) is 7.48. The third-order valence-electron chi connectivity index (χ3n) is 7.48. The summed E-state index contributed by atoms with van der Waals surface area (Å²) < 4.78 is 5.38. The number of piperazine rings is 1. The molecule has 3 aliphatic rings. The summed E-state index contributed by atoms with van der Waals surface area (Å²) in [6.45, 7) is 8.24. The Kier molecular flexibility index (Phi) is 5.31. The number of fused-ring (bicyclic) bond motifs is 4. The van der Waals surface area contributed by atoms with Crippen LogP contribution in [0.3, 0.4) is 0 Å². The number of aromatic amines is 1. The third kappa shape index (κ3) is 3.55. The molecule has 2 saturated heterocycles. The highest BCUT2D eigenvalue weighted by Gasteiger charge is 2.56. The quantitative estimate of drug-likeness (QED) is 0.698. The summed E-state index contributed by atoms with van der Waals surface area (Å²) in [4.78, 5) is 48.9. The van der Waals surface area contributed by atoms with Gasteiger partial charge in [0.05, 0.1) is 13.7 Å². The minimum atomic E-state index is -0.866. The molecule has 9 heteroatoms. The highest BCUT2D eigenvalue weighted by Crippen LogP contribution is 2.41. The Labute approximate surface area is 193 Å². The summed E-state index contributed by atoms with van der Waals surface area (Å²) in [6.07, 6.45) is 1.22. The molecule has 9 nitrogen and oxygen atoms in total. The molecule has 0 unspecified atom stereocenters. The van der Waals surface area contributed by atoms with Crippen LogP contribution >= 0.6 is 0 Å². The maximum Gasteiger partial charge on any atom is 0.328 e. The number of nitrogens with one attached hydrogen (secondary N) is 1. The summed E-state index contributed by atoms with van der Waals surface area (Å²) >= 11 is 0. The number of carbonyl (C=O) groups is 3. The van der Waals surface area contributed by atoms with Crippen molar-refractivity contribution in [3.63, 3.8) is 0 Å². The fraction of sp³-hybridized carbons (Fsp3) is 0.542. The average molecular weight is 454 g/mol. The van der Waals surface area contributed by atoms with Crippen LogP contribution in [0.4, 0.5) is 4.79 Å². The molecule has 0 saturated carbocycles. The molecule has 5 rings (SSSR count). The number of aromatic nitrogens is 1. The molecule has 4 amide bonds. The topological polar surface area (TPSA) is 89.2 Å². The molecule has 2 fully saturated rings. The Morgan fingerprint density at radius 1 is 1.15 bits per heavy atom. The van der Waals surface area contributed by atoms with E-state index < -0.39 is 5.54 Å². The van der Waals surface area contributed by atoms with E-state index in [0.717, 1.165) is 67.1 Å². The van der Waals surface area contributed by atoms with E-state index in [9.17, 15) is 14.4 Å². The Morgan fingerprint density at radius 3 is 2.61 bits per heavy atom. The van der Waals surface area contributed by atoms with Gasteiger partial charge in [0.15, 0.2) is 0 Å². The van der Waals surface area contributed by atoms with Crippen molar-refractivity contribution in [2.75, 3.05) is 46.4 Å². The molecule has 2 aromatic rings. The van der Waals surface area contributed by atoms with Crippen LogP contribution in [0.5, 0.6) is 5.75 Å². The number of hydrogen-bond acceptors (Lipinski definition) is 5. The van der Waals surface area contributed by atoms with Gasteiger partial charge in [-0.05, 0) is 43.7 Å². The second-order valence-electron chi connectivity index (χ2n) is 9.47. The smallest absolute Gasteiger partial charge is 0.328 e. The van der Waals surface area contributed by atoms with E-state index in [1.165, 1.54) is 4.90 Å². The standard InChI is InChI=1S/C24H31N5O4/c1-16(30)27-11-9-26(10-12-27)7-4-8-28-22(31)24(2)14-19-18-13-17(33-3)5-6-20(18)25-21(19)15-29(24)23(28)32/h5-6,13,25H,4,7-12,14-15H2,1-3H3/t24-/m0/s1. The van der Waals surface area contributed by atoms with Crippen LogP contribution in [-0.2, 0) is 22.6 Å². The number of amides is 4. The number of ether oxygens (including phenoxy) is 1. The number of carbonyl (C=O) groups excluding carboxylic acids is 3. The molecule has 0 aliphatic carbocycles. The van der Waals surface area contributed by atoms with Gasteiger partial charge in [0.25, 0.3) is 5.91 Å². The van der Waals surface area contributed by atoms with E-state index >= 15 is 0 Å². The largest absolute Gasteiger partial charge is 0.497 e. The summed E-state index contributed by atoms with van der Waals surface area (Å²) in [5.41, 5.74) is 2.21. The second-order valence-corrected chi connectivity index (χ2v) is 9.47. The van der Waals surface area contributed by atoms with Crippen molar-refractivity contribution >= 4 is 28.7 Å². The van der Waals surface area contributed by atoms with E-state index in [2.05, 4.69) is 9.88 Å². The van der Waals surface area contributed by atoms with Gasteiger partial charge in [-0.15, -0.1) is 0 Å². The first kappa shape index (κ1) is 21.8. The van der Waals surface area contributed by atoms with Crippen LogP contribution in [-0.4, -0.2) is 94.3 Å². The summed E-state index contributed by atoms with van der Waals surface area (Å²) in [5, 5.41) is 1.05. The predicted octanol–water partition coefficient (Wildman–Crippen LogP) is 1.81. The Balaban J connectivity index is 1.27. The molecule has 0 radical (unpaired) electrons. The SMILES string of the molecule is COc1ccc2[nH]c3c(c2c1)C[C@@]1(C)C(=O)N(CCCN2CCN(C(C)=O)CC2)C(=O)N1C3. The lowest BCUT2D eigenvalue weighted by molar-refractivity contribution is -0.133. The van der Waals surface area contributed by atoms with Crippen molar-refractivity contribution < 1.29 is 19.1 Å². The van der Waals surface area contributed by atoms with Gasteiger partial charge >= 0.3 is 6.03 Å². The van der Waals surface area contributed by atoms with Crippen molar-refractivity contribution in [3.8, 4) is 5.75 Å². The first-order chi connectivity index (χ1) is 15.8. The van der Waals surface area contributed by atoms with Crippen molar-refractivity contribution in [2.45, 2.75) is 38.8 Å². The highest BCUT2D eigenvalue weighted by atomic mass is 16.5. The van der Waals surface area contributed by atoms with Gasteiger partial charge in [-0.25, -0.2) is 4.79 Å². The van der Waals surface area contributed by atoms with Crippen LogP contribution < -0.4 is 4.74 Å². The first-order valence-corrected chi connectivity index (χ1v) is 11.6. The van der Waals surface area contributed by atoms with Crippen molar-refractivity contribution in [1.29, 1.82) is 0 Å². The molecule has 33 heavy (non-hydrogen) atoms. The number of rotatable bonds is 5. The maximum absolute atomic E-state index is 13.4. The second kappa shape index (κ2) is 8.06. The minimum absolute atomic E-state index is 0.114. The monoisotopic (exact) mass is 453 g/mol. The fourth-order valence-corrected chi connectivity index (χ4v) is 5.45. The molecule has 0 spiro atoms. The zero-order valence-electron chi connectivity index (χ0n) is 19.5. The Hall–Kier alpha value is -3.07. The van der Waals surface area contributed by atoms with Gasteiger partial charge in [-0.1, -0.05) is 0 Å². The average Bonchev–Trinajstić information content (AvgIpc) is 3.24. The number of H-pyrrole nitrogens is 1. The van der Waals surface area contributed by atoms with Gasteiger partial charge in [0.1, 0.15) is 11.3 Å². The molecule has 0 bridgehead atoms. The predicted molar refractivity (Wildman–Crippen MR) is 123 cm³/mol. The number of urea groups is 1. The normalized spacial score (nSPS) is 23.3. The highest BCUT2D eigenvalue weighted by molar-refractivity contribution is 6.07. The van der Waals surface area contributed by atoms with E-state index in [-0.39, 0.29) is 17.8 Å². The molecule has 4 heterocycles. The number of nitrogens with zero attached hydrogens (tertiary/aromatic N) is 4. The summed E-state index contributed by atoms with van der Waals surface area (Å²) in [6, 6.07) is 5.68. The Bertz CT molecular complexity index is 1120. The van der Waals surface area contributed by atoms with Crippen LogP contribution in [0, 0.1) is 0 Å². The molecule has 1 aromatic heterocycles. The summed E-state index contributed by atoms with van der Waals surface area (Å²) in [7, 11) is 1.64.